The van der Waals surface area contributed by atoms with Crippen LogP contribution in [0.4, 0.5) is 5.69 Å². The van der Waals surface area contributed by atoms with Gasteiger partial charge in [-0.15, -0.1) is 0 Å². The van der Waals surface area contributed by atoms with Crippen molar-refractivity contribution < 1.29 is 22.8 Å². The fraction of sp³-hybridized carbons (Fsp3) is 0.333. The van der Waals surface area contributed by atoms with Crippen LogP contribution in [-0.2, 0) is 26.0 Å². The molecule has 0 aliphatic carbocycles. The Balaban J connectivity index is 2.19. The fourth-order valence-corrected chi connectivity index (χ4v) is 3.78. The van der Waals surface area contributed by atoms with E-state index in [1.807, 2.05) is 30.3 Å². The zero-order valence-corrected chi connectivity index (χ0v) is 15.8. The zero-order chi connectivity index (χ0) is 19.7. The number of nitro groups is 1. The lowest BCUT2D eigenvalue weighted by Crippen LogP contribution is -2.34. The first-order chi connectivity index (χ1) is 12.9. The summed E-state index contributed by atoms with van der Waals surface area (Å²) in [5.41, 5.74) is 0.673. The number of benzene rings is 2. The number of sulfonamides is 1. The number of ether oxygens (including phenoxy) is 2. The van der Waals surface area contributed by atoms with Gasteiger partial charge in [-0.25, -0.2) is 8.42 Å². The van der Waals surface area contributed by atoms with Crippen LogP contribution in [0, 0.1) is 10.1 Å². The molecular weight excluding hydrogens is 372 g/mol. The van der Waals surface area contributed by atoms with E-state index < -0.39 is 14.9 Å². The number of hydrogen-bond donors (Lipinski definition) is 0. The van der Waals surface area contributed by atoms with Crippen molar-refractivity contribution in [1.82, 2.24) is 4.31 Å². The third-order valence-electron chi connectivity index (χ3n) is 3.80. The lowest BCUT2D eigenvalue weighted by atomic mass is 10.2. The van der Waals surface area contributed by atoms with Gasteiger partial charge in [0.25, 0.3) is 5.69 Å². The van der Waals surface area contributed by atoms with Gasteiger partial charge in [-0.05, 0) is 17.7 Å². The fourth-order valence-electron chi connectivity index (χ4n) is 2.37. The van der Waals surface area contributed by atoms with Crippen LogP contribution < -0.4 is 0 Å². The molecule has 2 aromatic rings. The predicted octanol–water partition coefficient (Wildman–Crippen LogP) is 2.45. The van der Waals surface area contributed by atoms with Gasteiger partial charge in [0.15, 0.2) is 0 Å². The number of nitro benzene ring substituents is 1. The largest absolute Gasteiger partial charge is 0.382 e. The maximum absolute atomic E-state index is 13.0. The molecule has 0 atom stereocenters. The highest BCUT2D eigenvalue weighted by atomic mass is 32.2. The molecule has 2 rings (SSSR count). The number of methoxy groups -OCH3 is 1. The minimum atomic E-state index is -3.83. The van der Waals surface area contributed by atoms with Crippen molar-refractivity contribution in [2.75, 3.05) is 33.5 Å². The lowest BCUT2D eigenvalue weighted by molar-refractivity contribution is -0.384. The van der Waals surface area contributed by atoms with Gasteiger partial charge in [-0.3, -0.25) is 10.1 Å². The third-order valence-corrected chi connectivity index (χ3v) is 5.66. The Morgan fingerprint density at radius 1 is 1.00 bits per heavy atom. The molecule has 0 N–H and O–H groups in total. The van der Waals surface area contributed by atoms with Crippen LogP contribution in [0.3, 0.4) is 0 Å². The standard InChI is InChI=1S/C18H22N2O6S/c1-25-13-14-26-12-11-19(15-16-5-3-2-4-6-16)27(23,24)18-9-7-17(8-10-18)20(21)22/h2-10H,11-15H2,1H3. The second kappa shape index (κ2) is 10.1. The summed E-state index contributed by atoms with van der Waals surface area (Å²) in [6, 6.07) is 14.1. The van der Waals surface area contributed by atoms with E-state index in [0.29, 0.717) is 13.2 Å². The van der Waals surface area contributed by atoms with Crippen molar-refractivity contribution >= 4 is 15.7 Å². The molecule has 0 unspecified atom stereocenters. The highest BCUT2D eigenvalue weighted by molar-refractivity contribution is 7.89. The van der Waals surface area contributed by atoms with Crippen molar-refractivity contribution in [3.63, 3.8) is 0 Å². The third kappa shape index (κ3) is 6.10. The van der Waals surface area contributed by atoms with E-state index in [2.05, 4.69) is 0 Å². The molecule has 0 bridgehead atoms. The van der Waals surface area contributed by atoms with Gasteiger partial charge >= 0.3 is 0 Å². The Bertz CT molecular complexity index is 825. The predicted molar refractivity (Wildman–Crippen MR) is 99.8 cm³/mol. The van der Waals surface area contributed by atoms with E-state index in [1.165, 1.54) is 28.6 Å². The Morgan fingerprint density at radius 2 is 1.67 bits per heavy atom. The summed E-state index contributed by atoms with van der Waals surface area (Å²) in [5.74, 6) is 0. The molecule has 9 heteroatoms. The van der Waals surface area contributed by atoms with E-state index in [9.17, 15) is 18.5 Å². The van der Waals surface area contributed by atoms with Gasteiger partial charge in [-0.1, -0.05) is 30.3 Å². The topological polar surface area (TPSA) is 99.0 Å². The van der Waals surface area contributed by atoms with Gasteiger partial charge < -0.3 is 9.47 Å². The second-order valence-electron chi connectivity index (χ2n) is 5.68. The second-order valence-corrected chi connectivity index (χ2v) is 7.62. The molecule has 0 radical (unpaired) electrons. The van der Waals surface area contributed by atoms with Crippen molar-refractivity contribution in [3.05, 3.63) is 70.3 Å². The zero-order valence-electron chi connectivity index (χ0n) is 15.0. The van der Waals surface area contributed by atoms with Crippen molar-refractivity contribution in [2.24, 2.45) is 0 Å². The molecule has 2 aromatic carbocycles. The lowest BCUT2D eigenvalue weighted by Gasteiger charge is -2.22. The van der Waals surface area contributed by atoms with E-state index >= 15 is 0 Å². The van der Waals surface area contributed by atoms with Gasteiger partial charge in [0.1, 0.15) is 0 Å². The van der Waals surface area contributed by atoms with E-state index in [1.54, 1.807) is 7.11 Å². The first-order valence-electron chi connectivity index (χ1n) is 8.30. The molecule has 0 heterocycles. The minimum absolute atomic E-state index is 0.000854. The maximum atomic E-state index is 13.0. The highest BCUT2D eigenvalue weighted by Gasteiger charge is 2.25. The van der Waals surface area contributed by atoms with E-state index in [0.717, 1.165) is 5.56 Å². The number of rotatable bonds is 11. The van der Waals surface area contributed by atoms with Gasteiger partial charge in [-0.2, -0.15) is 4.31 Å². The number of non-ortho nitro benzene ring substituents is 1. The number of nitrogens with zero attached hydrogens (tertiary/aromatic N) is 2. The summed E-state index contributed by atoms with van der Waals surface area (Å²) in [7, 11) is -2.28. The maximum Gasteiger partial charge on any atom is 0.269 e. The molecule has 146 valence electrons. The number of hydrogen-bond acceptors (Lipinski definition) is 6. The Kier molecular flexibility index (Phi) is 7.86. The van der Waals surface area contributed by atoms with Gasteiger partial charge in [0.05, 0.1) is 29.6 Å². The van der Waals surface area contributed by atoms with Crippen molar-refractivity contribution in [3.8, 4) is 0 Å². The van der Waals surface area contributed by atoms with Crippen LogP contribution in [0.5, 0.6) is 0 Å². The average Bonchev–Trinajstić information content (AvgIpc) is 2.67. The summed E-state index contributed by atoms with van der Waals surface area (Å²) in [4.78, 5) is 10.2. The molecule has 27 heavy (non-hydrogen) atoms. The van der Waals surface area contributed by atoms with Crippen molar-refractivity contribution in [1.29, 1.82) is 0 Å². The van der Waals surface area contributed by atoms with Crippen LogP contribution in [-0.4, -0.2) is 51.1 Å². The molecule has 0 aliphatic rings. The Morgan fingerprint density at radius 3 is 2.26 bits per heavy atom. The first kappa shape index (κ1) is 21.0. The van der Waals surface area contributed by atoms with Crippen LogP contribution in [0.25, 0.3) is 0 Å². The monoisotopic (exact) mass is 394 g/mol. The first-order valence-corrected chi connectivity index (χ1v) is 9.74. The van der Waals surface area contributed by atoms with Crippen LogP contribution in [0.15, 0.2) is 59.5 Å². The molecule has 0 spiro atoms. The quantitative estimate of drug-likeness (QED) is 0.330. The van der Waals surface area contributed by atoms with E-state index in [4.69, 9.17) is 9.47 Å². The van der Waals surface area contributed by atoms with Crippen LogP contribution >= 0.6 is 0 Å². The SMILES string of the molecule is COCCOCCN(Cc1ccccc1)S(=O)(=O)c1ccc([N+](=O)[O-])cc1. The summed E-state index contributed by atoms with van der Waals surface area (Å²) in [6.07, 6.45) is 0. The summed E-state index contributed by atoms with van der Waals surface area (Å²) >= 11 is 0. The van der Waals surface area contributed by atoms with Crippen LogP contribution in [0.1, 0.15) is 5.56 Å². The summed E-state index contributed by atoms with van der Waals surface area (Å²) < 4.78 is 37.6. The average molecular weight is 394 g/mol. The molecule has 0 saturated carbocycles. The normalized spacial score (nSPS) is 11.6. The molecule has 8 nitrogen and oxygen atoms in total. The van der Waals surface area contributed by atoms with Gasteiger partial charge in [0.2, 0.25) is 10.0 Å². The van der Waals surface area contributed by atoms with Crippen molar-refractivity contribution in [2.45, 2.75) is 11.4 Å². The molecule has 0 aliphatic heterocycles. The van der Waals surface area contributed by atoms with Gasteiger partial charge in [0, 0.05) is 32.3 Å². The van der Waals surface area contributed by atoms with Crippen LogP contribution in [0.2, 0.25) is 0 Å². The summed E-state index contributed by atoms with van der Waals surface area (Å²) in [6.45, 7) is 1.33. The molecular formula is C18H22N2O6S. The Hall–Kier alpha value is -2.33. The molecule has 0 amide bonds. The Labute approximate surface area is 158 Å². The minimum Gasteiger partial charge on any atom is -0.382 e. The smallest absolute Gasteiger partial charge is 0.269 e. The molecule has 0 fully saturated rings. The summed E-state index contributed by atoms with van der Waals surface area (Å²) in [5, 5.41) is 10.8. The molecule has 0 aromatic heterocycles. The van der Waals surface area contributed by atoms with E-state index in [-0.39, 0.29) is 30.3 Å². The molecule has 0 saturated heterocycles. The highest BCUT2D eigenvalue weighted by Crippen LogP contribution is 2.21.